The van der Waals surface area contributed by atoms with Crippen molar-refractivity contribution in [3.63, 3.8) is 0 Å². The summed E-state index contributed by atoms with van der Waals surface area (Å²) in [6.07, 6.45) is 0. The second-order valence-corrected chi connectivity index (χ2v) is 3.05. The maximum absolute atomic E-state index is 8.80. The summed E-state index contributed by atoms with van der Waals surface area (Å²) in [6.45, 7) is 7.64. The number of nitriles is 1. The van der Waals surface area contributed by atoms with E-state index >= 15 is 0 Å². The van der Waals surface area contributed by atoms with Crippen LogP contribution in [-0.4, -0.2) is 23.0 Å². The number of hydrogen-bond acceptors (Lipinski definition) is 3. The lowest BCUT2D eigenvalue weighted by Gasteiger charge is -2.22. The van der Waals surface area contributed by atoms with Crippen molar-refractivity contribution >= 4 is 17.2 Å². The van der Waals surface area contributed by atoms with Crippen molar-refractivity contribution in [2.24, 2.45) is 5.73 Å². The normalized spacial score (nSPS) is 11.5. The van der Waals surface area contributed by atoms with Crippen molar-refractivity contribution in [3.8, 4) is 6.07 Å². The quantitative estimate of drug-likeness (QED) is 0.420. The Labute approximate surface area is 84.8 Å². The fourth-order valence-electron chi connectivity index (χ4n) is 1.17. The lowest BCUT2D eigenvalue weighted by Crippen LogP contribution is -2.25. The Kier molecular flexibility index (Phi) is 5.09. The van der Waals surface area contributed by atoms with Gasteiger partial charge in [0.2, 0.25) is 0 Å². The van der Waals surface area contributed by atoms with Gasteiger partial charge in [-0.1, -0.05) is 12.2 Å². The zero-order chi connectivity index (χ0) is 10.4. The van der Waals surface area contributed by atoms with Gasteiger partial charge in [0.05, 0.1) is 0 Å². The molecule has 0 fully saturated rings. The first-order valence-electron chi connectivity index (χ1n) is 4.24. The van der Waals surface area contributed by atoms with E-state index in [2.05, 4.69) is 4.90 Å². The third kappa shape index (κ3) is 3.03. The van der Waals surface area contributed by atoms with Crippen LogP contribution >= 0.6 is 12.2 Å². The molecule has 0 heterocycles. The smallest absolute Gasteiger partial charge is 0.116 e. The van der Waals surface area contributed by atoms with E-state index in [1.54, 1.807) is 0 Å². The van der Waals surface area contributed by atoms with Gasteiger partial charge in [-0.15, -0.1) is 0 Å². The molecule has 0 aromatic carbocycles. The van der Waals surface area contributed by atoms with Gasteiger partial charge in [-0.2, -0.15) is 5.26 Å². The topological polar surface area (TPSA) is 53.0 Å². The van der Waals surface area contributed by atoms with Gasteiger partial charge in [0.25, 0.3) is 0 Å². The Bertz CT molecular complexity index is 259. The standard InChI is InChI=1S/C9H15N3S/c1-4-12(5-2)7(3)8(6-10)9(11)13/h4-5H2,1-3H3,(H2,11,13). The molecular formula is C9H15N3S. The van der Waals surface area contributed by atoms with Gasteiger partial charge in [-0.05, 0) is 20.8 Å². The van der Waals surface area contributed by atoms with E-state index in [9.17, 15) is 0 Å². The van der Waals surface area contributed by atoms with Crippen molar-refractivity contribution in [1.82, 2.24) is 4.90 Å². The first-order chi connectivity index (χ1) is 6.08. The van der Waals surface area contributed by atoms with Crippen LogP contribution in [0.2, 0.25) is 0 Å². The molecule has 0 rings (SSSR count). The molecular weight excluding hydrogens is 182 g/mol. The number of allylic oxidation sites excluding steroid dienone is 1. The fourth-order valence-corrected chi connectivity index (χ4v) is 1.36. The van der Waals surface area contributed by atoms with Gasteiger partial charge in [0, 0.05) is 18.8 Å². The monoisotopic (exact) mass is 197 g/mol. The molecule has 0 aromatic heterocycles. The van der Waals surface area contributed by atoms with Crippen LogP contribution in [0.5, 0.6) is 0 Å². The minimum Gasteiger partial charge on any atom is -0.389 e. The molecule has 0 bridgehead atoms. The van der Waals surface area contributed by atoms with Gasteiger partial charge < -0.3 is 10.6 Å². The Morgan fingerprint density at radius 1 is 1.46 bits per heavy atom. The molecule has 0 aliphatic heterocycles. The van der Waals surface area contributed by atoms with Gasteiger partial charge in [-0.25, -0.2) is 0 Å². The Balaban J connectivity index is 4.96. The second kappa shape index (κ2) is 5.55. The van der Waals surface area contributed by atoms with Crippen LogP contribution in [0.4, 0.5) is 0 Å². The molecule has 0 aliphatic rings. The number of rotatable bonds is 4. The highest BCUT2D eigenvalue weighted by Gasteiger charge is 2.09. The number of nitrogens with zero attached hydrogens (tertiary/aromatic N) is 2. The van der Waals surface area contributed by atoms with Crippen LogP contribution in [0.15, 0.2) is 11.3 Å². The Morgan fingerprint density at radius 2 is 1.92 bits per heavy atom. The molecule has 0 saturated heterocycles. The molecule has 4 heteroatoms. The van der Waals surface area contributed by atoms with E-state index in [1.165, 1.54) is 0 Å². The van der Waals surface area contributed by atoms with Crippen LogP contribution < -0.4 is 5.73 Å². The largest absolute Gasteiger partial charge is 0.389 e. The summed E-state index contributed by atoms with van der Waals surface area (Å²) in [7, 11) is 0. The minimum absolute atomic E-state index is 0.173. The SMILES string of the molecule is CCN(CC)C(C)=C(C#N)C(N)=S. The minimum atomic E-state index is 0.173. The zero-order valence-electron chi connectivity index (χ0n) is 8.29. The Morgan fingerprint density at radius 3 is 2.15 bits per heavy atom. The lowest BCUT2D eigenvalue weighted by atomic mass is 10.2. The van der Waals surface area contributed by atoms with Crippen molar-refractivity contribution in [2.45, 2.75) is 20.8 Å². The van der Waals surface area contributed by atoms with Gasteiger partial charge in [0.1, 0.15) is 16.6 Å². The van der Waals surface area contributed by atoms with Gasteiger partial charge >= 0.3 is 0 Å². The summed E-state index contributed by atoms with van der Waals surface area (Å²) in [5, 5.41) is 8.80. The van der Waals surface area contributed by atoms with Crippen molar-refractivity contribution in [1.29, 1.82) is 5.26 Å². The van der Waals surface area contributed by atoms with Gasteiger partial charge in [-0.3, -0.25) is 0 Å². The zero-order valence-corrected chi connectivity index (χ0v) is 9.11. The molecule has 0 aliphatic carbocycles. The highest BCUT2D eigenvalue weighted by molar-refractivity contribution is 7.80. The van der Waals surface area contributed by atoms with E-state index in [-0.39, 0.29) is 4.99 Å². The third-order valence-corrected chi connectivity index (χ3v) is 2.16. The summed E-state index contributed by atoms with van der Waals surface area (Å²) in [4.78, 5) is 2.23. The van der Waals surface area contributed by atoms with E-state index in [4.69, 9.17) is 23.2 Å². The first-order valence-corrected chi connectivity index (χ1v) is 4.64. The fraction of sp³-hybridized carbons (Fsp3) is 0.556. The van der Waals surface area contributed by atoms with E-state index < -0.39 is 0 Å². The van der Waals surface area contributed by atoms with E-state index in [0.717, 1.165) is 18.8 Å². The molecule has 13 heavy (non-hydrogen) atoms. The maximum Gasteiger partial charge on any atom is 0.116 e. The molecule has 72 valence electrons. The predicted octanol–water partition coefficient (Wildman–Crippen LogP) is 1.41. The van der Waals surface area contributed by atoms with Crippen LogP contribution in [0.3, 0.4) is 0 Å². The average molecular weight is 197 g/mol. The van der Waals surface area contributed by atoms with Crippen LogP contribution in [0, 0.1) is 11.3 Å². The van der Waals surface area contributed by atoms with Crippen molar-refractivity contribution in [2.75, 3.05) is 13.1 Å². The van der Waals surface area contributed by atoms with Crippen molar-refractivity contribution < 1.29 is 0 Å². The summed E-state index contributed by atoms with van der Waals surface area (Å²) in [5.41, 5.74) is 6.70. The summed E-state index contributed by atoms with van der Waals surface area (Å²) in [6, 6.07) is 2.02. The average Bonchev–Trinajstić information content (AvgIpc) is 2.07. The molecule has 3 nitrogen and oxygen atoms in total. The molecule has 0 atom stereocenters. The lowest BCUT2D eigenvalue weighted by molar-refractivity contribution is 0.382. The molecule has 0 spiro atoms. The first kappa shape index (κ1) is 11.9. The predicted molar refractivity (Wildman–Crippen MR) is 58.0 cm³/mol. The molecule has 0 aromatic rings. The summed E-state index contributed by atoms with van der Waals surface area (Å²) in [5.74, 6) is 0. The second-order valence-electron chi connectivity index (χ2n) is 2.61. The maximum atomic E-state index is 8.80. The number of nitrogens with two attached hydrogens (primary N) is 1. The highest BCUT2D eigenvalue weighted by Crippen LogP contribution is 2.09. The molecule has 0 saturated carbocycles. The van der Waals surface area contributed by atoms with Crippen LogP contribution in [0.1, 0.15) is 20.8 Å². The number of hydrogen-bond donors (Lipinski definition) is 1. The molecule has 0 amide bonds. The Hall–Kier alpha value is -1.08. The molecule has 0 unspecified atom stereocenters. The van der Waals surface area contributed by atoms with Crippen LogP contribution in [-0.2, 0) is 0 Å². The summed E-state index contributed by atoms with van der Waals surface area (Å²) < 4.78 is 0. The summed E-state index contributed by atoms with van der Waals surface area (Å²) >= 11 is 4.78. The van der Waals surface area contributed by atoms with E-state index in [1.807, 2.05) is 26.8 Å². The number of thiocarbonyl (C=S) groups is 1. The van der Waals surface area contributed by atoms with Gasteiger partial charge in [0.15, 0.2) is 0 Å². The highest BCUT2D eigenvalue weighted by atomic mass is 32.1. The van der Waals surface area contributed by atoms with Crippen molar-refractivity contribution in [3.05, 3.63) is 11.3 Å². The third-order valence-electron chi connectivity index (χ3n) is 1.96. The van der Waals surface area contributed by atoms with E-state index in [0.29, 0.717) is 5.57 Å². The molecule has 0 radical (unpaired) electrons. The molecule has 2 N–H and O–H groups in total. The van der Waals surface area contributed by atoms with Crippen LogP contribution in [0.25, 0.3) is 0 Å².